The fraction of sp³-hybridized carbons (Fsp3) is 0.556. The summed E-state index contributed by atoms with van der Waals surface area (Å²) in [5.74, 6) is -0.361. The zero-order valence-electron chi connectivity index (χ0n) is 14.4. The molecule has 1 aromatic carbocycles. The predicted molar refractivity (Wildman–Crippen MR) is 87.4 cm³/mol. The van der Waals surface area contributed by atoms with Crippen LogP contribution in [0.25, 0.3) is 0 Å². The first-order valence-electron chi connectivity index (χ1n) is 8.56. The summed E-state index contributed by atoms with van der Waals surface area (Å²) in [6.07, 6.45) is -3.16. The quantitative estimate of drug-likeness (QED) is 0.887. The Morgan fingerprint density at radius 1 is 1.35 bits per heavy atom. The van der Waals surface area contributed by atoms with E-state index in [-0.39, 0.29) is 35.3 Å². The van der Waals surface area contributed by atoms with Gasteiger partial charge in [-0.2, -0.15) is 0 Å². The molecule has 2 aliphatic rings. The lowest BCUT2D eigenvalue weighted by atomic mass is 9.86. The van der Waals surface area contributed by atoms with Gasteiger partial charge in [-0.15, -0.1) is 13.2 Å². The zero-order valence-corrected chi connectivity index (χ0v) is 14.4. The molecule has 0 radical (unpaired) electrons. The van der Waals surface area contributed by atoms with E-state index in [0.29, 0.717) is 26.1 Å². The van der Waals surface area contributed by atoms with Gasteiger partial charge in [0.05, 0.1) is 0 Å². The van der Waals surface area contributed by atoms with Gasteiger partial charge >= 0.3 is 6.36 Å². The van der Waals surface area contributed by atoms with Crippen LogP contribution >= 0.6 is 0 Å². The Hall–Kier alpha value is -2.25. The van der Waals surface area contributed by atoms with Crippen LogP contribution in [0.1, 0.15) is 37.7 Å². The largest absolute Gasteiger partial charge is 0.573 e. The highest BCUT2D eigenvalue weighted by atomic mass is 19.4. The van der Waals surface area contributed by atoms with Crippen molar-refractivity contribution in [3.05, 3.63) is 29.8 Å². The number of ether oxygens (including phenoxy) is 1. The topological polar surface area (TPSA) is 58.6 Å². The van der Waals surface area contributed by atoms with Crippen molar-refractivity contribution in [3.63, 3.8) is 0 Å². The van der Waals surface area contributed by atoms with Crippen molar-refractivity contribution in [1.29, 1.82) is 0 Å². The number of hydrogen-bond acceptors (Lipinski definition) is 3. The van der Waals surface area contributed by atoms with Crippen molar-refractivity contribution in [2.45, 2.75) is 38.5 Å². The van der Waals surface area contributed by atoms with Gasteiger partial charge in [-0.3, -0.25) is 9.59 Å². The normalized spacial score (nSPS) is 24.0. The predicted octanol–water partition coefficient (Wildman–Crippen LogP) is 2.82. The minimum atomic E-state index is -4.72. The van der Waals surface area contributed by atoms with Gasteiger partial charge in [0.15, 0.2) is 0 Å². The number of alkyl halides is 3. The van der Waals surface area contributed by atoms with E-state index in [9.17, 15) is 22.8 Å². The first-order valence-corrected chi connectivity index (χ1v) is 8.56. The van der Waals surface area contributed by atoms with Crippen LogP contribution in [0, 0.1) is 5.41 Å². The number of rotatable bonds is 4. The van der Waals surface area contributed by atoms with Crippen LogP contribution in [-0.4, -0.2) is 42.7 Å². The Balaban J connectivity index is 1.55. The van der Waals surface area contributed by atoms with E-state index >= 15 is 0 Å². The molecule has 0 saturated carbocycles. The molecule has 142 valence electrons. The zero-order chi connectivity index (χ0) is 18.9. The lowest BCUT2D eigenvalue weighted by Gasteiger charge is -2.23. The maximum absolute atomic E-state index is 12.6. The first-order chi connectivity index (χ1) is 12.2. The molecule has 8 heteroatoms. The molecule has 2 aliphatic heterocycles. The third-order valence-electron chi connectivity index (χ3n) is 5.15. The Morgan fingerprint density at radius 3 is 2.62 bits per heavy atom. The summed E-state index contributed by atoms with van der Waals surface area (Å²) in [7, 11) is 0. The monoisotopic (exact) mass is 370 g/mol. The summed E-state index contributed by atoms with van der Waals surface area (Å²) in [6.45, 7) is 3.70. The van der Waals surface area contributed by atoms with Gasteiger partial charge in [-0.05, 0) is 30.0 Å². The average Bonchev–Trinajstić information content (AvgIpc) is 3.13. The van der Waals surface area contributed by atoms with Crippen LogP contribution in [-0.2, 0) is 9.59 Å². The Morgan fingerprint density at radius 2 is 2.04 bits per heavy atom. The number of carbonyl (C=O) groups excluding carboxylic acids is 2. The summed E-state index contributed by atoms with van der Waals surface area (Å²) < 4.78 is 40.4. The third kappa shape index (κ3) is 4.28. The molecule has 2 amide bonds. The molecule has 2 heterocycles. The molecule has 0 bridgehead atoms. The number of halogens is 3. The van der Waals surface area contributed by atoms with Crippen molar-refractivity contribution in [2.75, 3.05) is 19.6 Å². The van der Waals surface area contributed by atoms with Gasteiger partial charge in [0, 0.05) is 37.9 Å². The second kappa shape index (κ2) is 6.81. The number of nitrogens with zero attached hydrogens (tertiary/aromatic N) is 1. The van der Waals surface area contributed by atoms with Crippen molar-refractivity contribution in [2.24, 2.45) is 5.41 Å². The van der Waals surface area contributed by atoms with Crippen LogP contribution in [0.15, 0.2) is 24.3 Å². The van der Waals surface area contributed by atoms with Crippen molar-refractivity contribution in [1.82, 2.24) is 10.2 Å². The highest BCUT2D eigenvalue weighted by molar-refractivity contribution is 5.81. The van der Waals surface area contributed by atoms with Crippen molar-refractivity contribution >= 4 is 11.8 Å². The number of amides is 2. The molecule has 2 atom stereocenters. The molecular formula is C18H21F3N2O3. The number of carbonyl (C=O) groups is 2. The molecule has 2 fully saturated rings. The SMILES string of the molecule is CC(CC(=O)N1CCC2(CNC(=O)C2)C1)c1ccc(OC(F)(F)F)cc1. The van der Waals surface area contributed by atoms with Gasteiger partial charge in [0.1, 0.15) is 5.75 Å². The summed E-state index contributed by atoms with van der Waals surface area (Å²) >= 11 is 0. The number of nitrogens with one attached hydrogen (secondary N) is 1. The second-order valence-corrected chi connectivity index (χ2v) is 7.24. The maximum Gasteiger partial charge on any atom is 0.573 e. The molecule has 0 aromatic heterocycles. The molecule has 1 N–H and O–H groups in total. The van der Waals surface area contributed by atoms with E-state index in [0.717, 1.165) is 12.0 Å². The van der Waals surface area contributed by atoms with Gasteiger partial charge in [0.2, 0.25) is 11.8 Å². The number of likely N-dealkylation sites (tertiary alicyclic amines) is 1. The second-order valence-electron chi connectivity index (χ2n) is 7.24. The van der Waals surface area contributed by atoms with Crippen molar-refractivity contribution < 1.29 is 27.5 Å². The van der Waals surface area contributed by atoms with E-state index in [1.54, 1.807) is 17.0 Å². The molecule has 26 heavy (non-hydrogen) atoms. The Labute approximate surface area is 149 Å². The highest BCUT2D eigenvalue weighted by Crippen LogP contribution is 2.37. The Kier molecular flexibility index (Phi) is 4.86. The molecular weight excluding hydrogens is 349 g/mol. The van der Waals surface area contributed by atoms with E-state index < -0.39 is 6.36 Å². The van der Waals surface area contributed by atoms with Crippen LogP contribution in [0.4, 0.5) is 13.2 Å². The molecule has 5 nitrogen and oxygen atoms in total. The summed E-state index contributed by atoms with van der Waals surface area (Å²) in [6, 6.07) is 5.60. The maximum atomic E-state index is 12.6. The van der Waals surface area contributed by atoms with Gasteiger partial charge < -0.3 is 15.0 Å². The summed E-state index contributed by atoms with van der Waals surface area (Å²) in [5, 5.41) is 2.83. The minimum absolute atomic E-state index is 0.00402. The van der Waals surface area contributed by atoms with Crippen LogP contribution in [0.3, 0.4) is 0 Å². The van der Waals surface area contributed by atoms with Gasteiger partial charge in [-0.25, -0.2) is 0 Å². The fourth-order valence-corrected chi connectivity index (χ4v) is 3.70. The van der Waals surface area contributed by atoms with Crippen LogP contribution in [0.2, 0.25) is 0 Å². The van der Waals surface area contributed by atoms with E-state index in [1.807, 2.05) is 6.92 Å². The standard InChI is InChI=1S/C18H21F3N2O3/c1-12(13-2-4-14(5-3-13)26-18(19,20)21)8-16(25)23-7-6-17(11-23)9-15(24)22-10-17/h2-5,12H,6-11H2,1H3,(H,22,24). The molecule has 3 rings (SSSR count). The van der Waals surface area contributed by atoms with Crippen molar-refractivity contribution in [3.8, 4) is 5.75 Å². The summed E-state index contributed by atoms with van der Waals surface area (Å²) in [4.78, 5) is 25.8. The fourth-order valence-electron chi connectivity index (χ4n) is 3.70. The summed E-state index contributed by atoms with van der Waals surface area (Å²) in [5.41, 5.74) is 0.645. The minimum Gasteiger partial charge on any atom is -0.406 e. The number of hydrogen-bond donors (Lipinski definition) is 1. The molecule has 0 aliphatic carbocycles. The lowest BCUT2D eigenvalue weighted by molar-refractivity contribution is -0.274. The van der Waals surface area contributed by atoms with Gasteiger partial charge in [0.25, 0.3) is 0 Å². The lowest BCUT2D eigenvalue weighted by Crippen LogP contribution is -2.33. The molecule has 1 aromatic rings. The van der Waals surface area contributed by atoms with E-state index in [2.05, 4.69) is 10.1 Å². The van der Waals surface area contributed by atoms with E-state index in [1.165, 1.54) is 12.1 Å². The molecule has 1 spiro atoms. The van der Waals surface area contributed by atoms with Crippen LogP contribution < -0.4 is 10.1 Å². The van der Waals surface area contributed by atoms with E-state index in [4.69, 9.17) is 0 Å². The third-order valence-corrected chi connectivity index (χ3v) is 5.15. The smallest absolute Gasteiger partial charge is 0.406 e. The highest BCUT2D eigenvalue weighted by Gasteiger charge is 2.45. The first kappa shape index (κ1) is 18.5. The Bertz CT molecular complexity index is 690. The molecule has 2 unspecified atom stereocenters. The molecule has 2 saturated heterocycles. The number of benzene rings is 1. The van der Waals surface area contributed by atoms with Gasteiger partial charge in [-0.1, -0.05) is 19.1 Å². The van der Waals surface area contributed by atoms with Crippen LogP contribution in [0.5, 0.6) is 5.75 Å². The average molecular weight is 370 g/mol.